The van der Waals surface area contributed by atoms with Gasteiger partial charge in [0.15, 0.2) is 23.0 Å². The maximum atomic E-state index is 12.5. The molecule has 1 aromatic heterocycles. The van der Waals surface area contributed by atoms with Crippen LogP contribution in [-0.2, 0) is 27.3 Å². The van der Waals surface area contributed by atoms with Gasteiger partial charge in [0.05, 0.1) is 46.8 Å². The summed E-state index contributed by atoms with van der Waals surface area (Å²) in [4.78, 5) is 30.7. The fourth-order valence-electron chi connectivity index (χ4n) is 3.62. The van der Waals surface area contributed by atoms with E-state index in [0.29, 0.717) is 40.8 Å². The van der Waals surface area contributed by atoms with Crippen molar-refractivity contribution in [2.75, 3.05) is 42.1 Å². The maximum Gasteiger partial charge on any atom is 0.414 e. The normalized spacial score (nSPS) is 10.1. The highest BCUT2D eigenvalue weighted by Gasteiger charge is 2.20. The molecule has 0 fully saturated rings. The van der Waals surface area contributed by atoms with E-state index in [2.05, 4.69) is 5.32 Å². The van der Waals surface area contributed by atoms with Crippen molar-refractivity contribution in [1.82, 2.24) is 9.88 Å². The number of ether oxygens (including phenoxy) is 5. The highest BCUT2D eigenvalue weighted by Crippen LogP contribution is 2.33. The molecule has 1 heterocycles. The summed E-state index contributed by atoms with van der Waals surface area (Å²) >= 11 is 0. The number of rotatable bonds is 11. The van der Waals surface area contributed by atoms with E-state index in [9.17, 15) is 4.79 Å². The smallest absolute Gasteiger partial charge is 0.414 e. The molecule has 210 valence electrons. The number of benzene rings is 2. The second-order valence-electron chi connectivity index (χ2n) is 7.81. The highest BCUT2D eigenvalue weighted by molar-refractivity contribution is 6.27. The number of hydrogen-bond acceptors (Lipinski definition) is 9. The molecule has 0 amide bonds. The van der Waals surface area contributed by atoms with E-state index in [1.54, 1.807) is 33.5 Å². The number of hydrogen-bond donors (Lipinski definition) is 3. The molecule has 0 saturated heterocycles. The van der Waals surface area contributed by atoms with Crippen LogP contribution in [0.4, 0.5) is 0 Å². The number of carbonyl (C=O) groups excluding carboxylic acids is 1. The molecular weight excluding hydrogens is 512 g/mol. The Morgan fingerprint density at radius 1 is 0.795 bits per heavy atom. The number of nitrogens with one attached hydrogen (secondary N) is 1. The van der Waals surface area contributed by atoms with Gasteiger partial charge in [-0.25, -0.2) is 14.4 Å². The molecule has 0 spiro atoms. The number of carbonyl (C=O) groups is 3. The molecule has 0 aliphatic carbocycles. The van der Waals surface area contributed by atoms with Gasteiger partial charge >= 0.3 is 17.9 Å². The monoisotopic (exact) mass is 544 g/mol. The number of methoxy groups -OCH3 is 5. The van der Waals surface area contributed by atoms with Gasteiger partial charge in [0.2, 0.25) is 0 Å². The largest absolute Gasteiger partial charge is 0.493 e. The summed E-state index contributed by atoms with van der Waals surface area (Å²) in [5.41, 5.74) is 3.17. The van der Waals surface area contributed by atoms with Crippen molar-refractivity contribution in [3.8, 4) is 28.7 Å². The maximum absolute atomic E-state index is 12.5. The van der Waals surface area contributed by atoms with Crippen molar-refractivity contribution in [2.24, 2.45) is 0 Å². The van der Waals surface area contributed by atoms with Gasteiger partial charge in [-0.3, -0.25) is 0 Å². The van der Waals surface area contributed by atoms with Gasteiger partial charge in [-0.15, -0.1) is 0 Å². The lowest BCUT2D eigenvalue weighted by atomic mass is 10.1. The fraction of sp³-hybridized carbons (Fsp3) is 0.296. The van der Waals surface area contributed by atoms with E-state index in [-0.39, 0.29) is 0 Å². The number of esters is 1. The number of carboxylic acid groups (broad SMARTS) is 2. The van der Waals surface area contributed by atoms with E-state index in [4.69, 9.17) is 43.5 Å². The van der Waals surface area contributed by atoms with E-state index in [1.165, 1.54) is 14.2 Å². The molecule has 0 bridgehead atoms. The predicted octanol–water partition coefficient (Wildman–Crippen LogP) is 2.79. The third-order valence-corrected chi connectivity index (χ3v) is 5.53. The minimum Gasteiger partial charge on any atom is -0.493 e. The Balaban J connectivity index is 0.000000798. The van der Waals surface area contributed by atoms with Crippen molar-refractivity contribution in [2.45, 2.75) is 13.0 Å². The predicted molar refractivity (Wildman–Crippen MR) is 140 cm³/mol. The first-order valence-corrected chi connectivity index (χ1v) is 11.6. The first-order valence-electron chi connectivity index (χ1n) is 11.6. The lowest BCUT2D eigenvalue weighted by Gasteiger charge is -2.17. The van der Waals surface area contributed by atoms with Crippen LogP contribution >= 0.6 is 0 Å². The summed E-state index contributed by atoms with van der Waals surface area (Å²) in [6.45, 7) is 1.37. The molecule has 0 aliphatic heterocycles. The number of aromatic nitrogens is 1. The van der Waals surface area contributed by atoms with Crippen LogP contribution in [0.2, 0.25) is 0 Å². The second kappa shape index (κ2) is 14.9. The molecule has 3 rings (SSSR count). The van der Waals surface area contributed by atoms with Crippen molar-refractivity contribution < 1.29 is 48.3 Å². The van der Waals surface area contributed by atoms with Crippen molar-refractivity contribution in [3.63, 3.8) is 0 Å². The Morgan fingerprint density at radius 2 is 1.38 bits per heavy atom. The van der Waals surface area contributed by atoms with E-state index >= 15 is 0 Å². The molecule has 2 aromatic carbocycles. The summed E-state index contributed by atoms with van der Waals surface area (Å²) in [5.74, 6) is -1.68. The molecule has 3 aromatic rings. The van der Waals surface area contributed by atoms with Crippen LogP contribution in [-0.4, -0.2) is 74.8 Å². The fourth-order valence-corrected chi connectivity index (χ4v) is 3.62. The summed E-state index contributed by atoms with van der Waals surface area (Å²) < 4.78 is 28.4. The first-order chi connectivity index (χ1) is 18.7. The molecule has 12 heteroatoms. The second-order valence-corrected chi connectivity index (χ2v) is 7.81. The Kier molecular flexibility index (Phi) is 11.6. The number of aliphatic carboxylic acids is 2. The van der Waals surface area contributed by atoms with Crippen LogP contribution in [0.5, 0.6) is 23.0 Å². The average Bonchev–Trinajstić information content (AvgIpc) is 3.42. The zero-order valence-corrected chi connectivity index (χ0v) is 22.3. The molecule has 0 aliphatic rings. The minimum absolute atomic E-state index is 0.387. The Labute approximate surface area is 225 Å². The van der Waals surface area contributed by atoms with Crippen LogP contribution in [0.25, 0.3) is 5.69 Å². The Hall–Kier alpha value is -4.71. The molecule has 0 atom stereocenters. The lowest BCUT2D eigenvalue weighted by molar-refractivity contribution is -0.159. The quantitative estimate of drug-likeness (QED) is 0.185. The Bertz CT molecular complexity index is 1270. The third-order valence-electron chi connectivity index (χ3n) is 5.53. The SMILES string of the molecule is COC(=O)c1cc(OC)c(OC)cc1-n1cccc1CNCCc1ccc(OC)c(OC)c1.O=C(O)C(=O)O. The van der Waals surface area contributed by atoms with Crippen LogP contribution in [0.1, 0.15) is 21.6 Å². The highest BCUT2D eigenvalue weighted by atomic mass is 16.5. The number of nitrogens with zero attached hydrogens (tertiary/aromatic N) is 1. The van der Waals surface area contributed by atoms with Crippen LogP contribution in [0.15, 0.2) is 48.7 Å². The molecule has 3 N–H and O–H groups in total. The zero-order valence-electron chi connectivity index (χ0n) is 22.3. The first kappa shape index (κ1) is 30.5. The van der Waals surface area contributed by atoms with Crippen LogP contribution in [0.3, 0.4) is 0 Å². The van der Waals surface area contributed by atoms with Crippen LogP contribution < -0.4 is 24.3 Å². The van der Waals surface area contributed by atoms with E-state index in [1.807, 2.05) is 41.1 Å². The van der Waals surface area contributed by atoms with Crippen LogP contribution in [0, 0.1) is 0 Å². The lowest BCUT2D eigenvalue weighted by Crippen LogP contribution is -2.19. The van der Waals surface area contributed by atoms with Crippen molar-refractivity contribution in [3.05, 3.63) is 65.5 Å². The van der Waals surface area contributed by atoms with E-state index < -0.39 is 17.9 Å². The standard InChI is InChI=1S/C25H30N2O6.C2H2O4/c1-29-21-9-8-17(13-22(21)30-2)10-11-26-16-18-7-6-12-27(18)20-15-24(32-4)23(31-3)14-19(20)25(28)33-5;3-1(4)2(5)6/h6-9,12-15,26H,10-11,16H2,1-5H3;(H,3,4)(H,5,6). The Morgan fingerprint density at radius 3 is 1.95 bits per heavy atom. The summed E-state index contributed by atoms with van der Waals surface area (Å²) in [6, 6.07) is 13.3. The average molecular weight is 545 g/mol. The number of carboxylic acids is 2. The molecular formula is C27H32N2O10. The topological polar surface area (TPSA) is 155 Å². The van der Waals surface area contributed by atoms with Gasteiger partial charge in [-0.05, 0) is 42.8 Å². The summed E-state index contributed by atoms with van der Waals surface area (Å²) in [6.07, 6.45) is 2.73. The van der Waals surface area contributed by atoms with Gasteiger partial charge in [0.1, 0.15) is 0 Å². The summed E-state index contributed by atoms with van der Waals surface area (Å²) in [7, 11) is 7.70. The molecule has 12 nitrogen and oxygen atoms in total. The third kappa shape index (κ3) is 8.14. The zero-order chi connectivity index (χ0) is 28.9. The van der Waals surface area contributed by atoms with E-state index in [0.717, 1.165) is 24.2 Å². The molecule has 39 heavy (non-hydrogen) atoms. The minimum atomic E-state index is -1.82. The van der Waals surface area contributed by atoms with Gasteiger partial charge in [-0.2, -0.15) is 0 Å². The molecule has 0 radical (unpaired) electrons. The summed E-state index contributed by atoms with van der Waals surface area (Å²) in [5, 5.41) is 18.2. The van der Waals surface area contributed by atoms with Gasteiger partial charge in [0, 0.05) is 30.6 Å². The van der Waals surface area contributed by atoms with Gasteiger partial charge in [0.25, 0.3) is 0 Å². The van der Waals surface area contributed by atoms with Gasteiger partial charge in [-0.1, -0.05) is 6.07 Å². The van der Waals surface area contributed by atoms with Gasteiger partial charge < -0.3 is 43.8 Å². The molecule has 0 saturated carbocycles. The van der Waals surface area contributed by atoms with Crippen molar-refractivity contribution >= 4 is 17.9 Å². The van der Waals surface area contributed by atoms with Crippen molar-refractivity contribution in [1.29, 1.82) is 0 Å². The molecule has 0 unspecified atom stereocenters.